The molecule has 44 heavy (non-hydrogen) atoms. The molecule has 0 N–H and O–H groups in total. The first-order valence-corrected chi connectivity index (χ1v) is 15.0. The van der Waals surface area contributed by atoms with Crippen LogP contribution in [0.5, 0.6) is 0 Å². The summed E-state index contributed by atoms with van der Waals surface area (Å²) in [6.07, 6.45) is 1.91. The molecule has 210 valence electrons. The molecule has 1 aliphatic heterocycles. The van der Waals surface area contributed by atoms with E-state index in [-0.39, 0.29) is 5.56 Å². The van der Waals surface area contributed by atoms with Gasteiger partial charge in [0.2, 0.25) is 0 Å². The molecule has 0 fully saturated rings. The lowest BCUT2D eigenvalue weighted by Crippen LogP contribution is -2.33. The fourth-order valence-corrected chi connectivity index (χ4v) is 7.26. The lowest BCUT2D eigenvalue weighted by Gasteiger charge is -2.36. The third-order valence-electron chi connectivity index (χ3n) is 9.49. The normalized spacial score (nSPS) is 14.0. The maximum Gasteiger partial charge on any atom is 0.263 e. The van der Waals surface area contributed by atoms with E-state index in [0.29, 0.717) is 0 Å². The zero-order chi connectivity index (χ0) is 30.2. The van der Waals surface area contributed by atoms with Crippen molar-refractivity contribution < 1.29 is 0 Å². The average Bonchev–Trinajstić information content (AvgIpc) is 3.05. The predicted octanol–water partition coefficient (Wildman–Crippen LogP) is 8.40. The highest BCUT2D eigenvalue weighted by Crippen LogP contribution is 2.47. The summed E-state index contributed by atoms with van der Waals surface area (Å²) in [7, 11) is 0. The molecule has 0 saturated heterocycles. The first kappa shape index (κ1) is 26.2. The Hall–Kier alpha value is -5.47. The molecule has 8 rings (SSSR count). The van der Waals surface area contributed by atoms with Crippen LogP contribution in [0.4, 0.5) is 0 Å². The van der Waals surface area contributed by atoms with Crippen molar-refractivity contribution in [3.05, 3.63) is 171 Å². The third kappa shape index (κ3) is 3.64. The van der Waals surface area contributed by atoms with Gasteiger partial charge >= 0.3 is 0 Å². The molecule has 2 heteroatoms. The zero-order valence-corrected chi connectivity index (χ0v) is 24.9. The van der Waals surface area contributed by atoms with Crippen molar-refractivity contribution in [2.45, 2.75) is 19.3 Å². The molecule has 2 nitrogen and oxygen atoms in total. The van der Waals surface area contributed by atoms with Crippen molar-refractivity contribution in [1.29, 1.82) is 0 Å². The lowest BCUT2D eigenvalue weighted by atomic mass is 9.72. The quantitative estimate of drug-likeness (QED) is 0.197. The number of hydrogen-bond donors (Lipinski definition) is 0. The highest BCUT2D eigenvalue weighted by Gasteiger charge is 2.36. The van der Waals surface area contributed by atoms with Crippen LogP contribution in [0.2, 0.25) is 0 Å². The van der Waals surface area contributed by atoms with Gasteiger partial charge in [-0.25, -0.2) is 0 Å². The highest BCUT2D eigenvalue weighted by atomic mass is 16.1. The van der Waals surface area contributed by atoms with Crippen molar-refractivity contribution in [2.75, 3.05) is 0 Å². The van der Waals surface area contributed by atoms with Gasteiger partial charge in [0.05, 0.1) is 11.2 Å². The first-order valence-electron chi connectivity index (χ1n) is 15.0. The standard InChI is InChI=1S/C42H31NO/c1-5-30(31-16-8-6-13-26(31)2)28-21-22-39-37(24-28)42(3,4)38-25-29(33-20-12-15-27-14-7-9-17-32(27)33)23-36-34-18-10-11-19-35(34)41(44)43(39)40(36)38/h5-25H,1-2H2,3-4H3/b31-30+. The summed E-state index contributed by atoms with van der Waals surface area (Å²) < 4.78 is 1.95. The summed E-state index contributed by atoms with van der Waals surface area (Å²) in [4.78, 5) is 14.3. The molecule has 6 aromatic carbocycles. The molecule has 0 unspecified atom stereocenters. The second-order valence-electron chi connectivity index (χ2n) is 12.3. The molecule has 2 heterocycles. The molecule has 7 aromatic rings. The van der Waals surface area contributed by atoms with E-state index in [1.165, 1.54) is 16.3 Å². The summed E-state index contributed by atoms with van der Waals surface area (Å²) in [5.41, 5.74) is 8.20. The number of rotatable bonds is 3. The second-order valence-corrected chi connectivity index (χ2v) is 12.3. The fourth-order valence-electron chi connectivity index (χ4n) is 7.26. The Kier molecular flexibility index (Phi) is 5.66. The number of benzene rings is 6. The Morgan fingerprint density at radius 2 is 1.41 bits per heavy atom. The minimum absolute atomic E-state index is 0.00721. The first-order chi connectivity index (χ1) is 21.4. The zero-order valence-electron chi connectivity index (χ0n) is 24.9. The van der Waals surface area contributed by atoms with Crippen molar-refractivity contribution in [3.8, 4) is 16.8 Å². The molecule has 0 spiro atoms. The Bertz CT molecular complexity index is 2520. The van der Waals surface area contributed by atoms with E-state index in [2.05, 4.69) is 112 Å². The molecular weight excluding hydrogens is 534 g/mol. The summed E-state index contributed by atoms with van der Waals surface area (Å²) in [6.45, 7) is 13.0. The van der Waals surface area contributed by atoms with E-state index in [9.17, 15) is 4.79 Å². The van der Waals surface area contributed by atoms with Crippen molar-refractivity contribution in [3.63, 3.8) is 0 Å². The number of aromatic nitrogens is 1. The van der Waals surface area contributed by atoms with Gasteiger partial charge in [-0.15, -0.1) is 0 Å². The van der Waals surface area contributed by atoms with Crippen LogP contribution in [0, 0.1) is 0 Å². The summed E-state index contributed by atoms with van der Waals surface area (Å²) in [5, 5.41) is 7.23. The Morgan fingerprint density at radius 3 is 2.20 bits per heavy atom. The van der Waals surface area contributed by atoms with Gasteiger partial charge in [0.15, 0.2) is 0 Å². The van der Waals surface area contributed by atoms with Gasteiger partial charge in [-0.1, -0.05) is 124 Å². The van der Waals surface area contributed by atoms with E-state index in [1.54, 1.807) is 0 Å². The Morgan fingerprint density at radius 1 is 0.705 bits per heavy atom. The van der Waals surface area contributed by atoms with Crippen LogP contribution in [0.15, 0.2) is 139 Å². The van der Waals surface area contributed by atoms with E-state index >= 15 is 0 Å². The number of nitrogens with zero attached hydrogens (tertiary/aromatic N) is 1. The highest BCUT2D eigenvalue weighted by molar-refractivity contribution is 6.11. The van der Waals surface area contributed by atoms with Crippen LogP contribution in [0.25, 0.3) is 61.4 Å². The van der Waals surface area contributed by atoms with Crippen LogP contribution < -0.4 is 16.0 Å². The smallest absolute Gasteiger partial charge is 0.263 e. The molecule has 0 radical (unpaired) electrons. The van der Waals surface area contributed by atoms with Crippen molar-refractivity contribution in [2.24, 2.45) is 0 Å². The maximum absolute atomic E-state index is 14.3. The number of hydrogen-bond acceptors (Lipinski definition) is 1. The van der Waals surface area contributed by atoms with E-state index in [4.69, 9.17) is 0 Å². The van der Waals surface area contributed by atoms with E-state index in [1.807, 2.05) is 47.0 Å². The number of fused-ring (bicyclic) bond motifs is 5. The van der Waals surface area contributed by atoms with Gasteiger partial charge in [-0.05, 0) is 90.3 Å². The molecule has 0 bridgehead atoms. The molecule has 1 aromatic heterocycles. The molecular formula is C42H31NO. The van der Waals surface area contributed by atoms with Gasteiger partial charge in [0.25, 0.3) is 5.56 Å². The molecule has 1 aliphatic rings. The summed E-state index contributed by atoms with van der Waals surface area (Å²) >= 11 is 0. The number of allylic oxidation sites excluding steroid dienone is 1. The average molecular weight is 566 g/mol. The van der Waals surface area contributed by atoms with Crippen LogP contribution in [0.1, 0.15) is 30.5 Å². The van der Waals surface area contributed by atoms with Gasteiger partial charge in [0.1, 0.15) is 0 Å². The lowest BCUT2D eigenvalue weighted by molar-refractivity contribution is 0.626. The molecule has 0 atom stereocenters. The maximum atomic E-state index is 14.3. The van der Waals surface area contributed by atoms with E-state index in [0.717, 1.165) is 65.6 Å². The second kappa shape index (κ2) is 9.52. The third-order valence-corrected chi connectivity index (χ3v) is 9.49. The van der Waals surface area contributed by atoms with Gasteiger partial charge < -0.3 is 0 Å². The largest absolute Gasteiger partial charge is 0.276 e. The Labute approximate surface area is 256 Å². The minimum atomic E-state index is -0.394. The summed E-state index contributed by atoms with van der Waals surface area (Å²) in [6, 6.07) is 42.3. The topological polar surface area (TPSA) is 22.0 Å². The molecule has 0 aliphatic carbocycles. The molecule has 0 saturated carbocycles. The SMILES string of the molecule is C=C/C(c1ccc2c(c1)C(C)(C)c1cc(-c3cccc4ccccc34)cc3c4ccccc4c(=O)n-2c13)=c1/ccccc1=C. The van der Waals surface area contributed by atoms with Crippen LogP contribution in [-0.2, 0) is 5.41 Å². The van der Waals surface area contributed by atoms with Gasteiger partial charge in [0, 0.05) is 16.2 Å². The van der Waals surface area contributed by atoms with Gasteiger partial charge in [-0.2, -0.15) is 0 Å². The summed E-state index contributed by atoms with van der Waals surface area (Å²) in [5.74, 6) is 0. The number of pyridine rings is 1. The van der Waals surface area contributed by atoms with Gasteiger partial charge in [-0.3, -0.25) is 9.36 Å². The van der Waals surface area contributed by atoms with Crippen LogP contribution >= 0.6 is 0 Å². The van der Waals surface area contributed by atoms with E-state index < -0.39 is 5.41 Å². The Balaban J connectivity index is 1.51. The van der Waals surface area contributed by atoms with Crippen molar-refractivity contribution in [1.82, 2.24) is 4.57 Å². The monoisotopic (exact) mass is 565 g/mol. The predicted molar refractivity (Wildman–Crippen MR) is 186 cm³/mol. The van der Waals surface area contributed by atoms with Crippen LogP contribution in [0.3, 0.4) is 0 Å². The molecule has 0 amide bonds. The minimum Gasteiger partial charge on any atom is -0.276 e. The fraction of sp³-hybridized carbons (Fsp3) is 0.0714. The van der Waals surface area contributed by atoms with Crippen molar-refractivity contribution >= 4 is 44.6 Å². The van der Waals surface area contributed by atoms with Crippen LogP contribution in [-0.4, -0.2) is 4.57 Å².